The summed E-state index contributed by atoms with van der Waals surface area (Å²) in [7, 11) is 0. The van der Waals surface area contributed by atoms with Crippen LogP contribution in [0.25, 0.3) is 0 Å². The lowest BCUT2D eigenvalue weighted by molar-refractivity contribution is -0.140. The van der Waals surface area contributed by atoms with Crippen LogP contribution in [-0.4, -0.2) is 4.98 Å². The highest BCUT2D eigenvalue weighted by Gasteiger charge is 2.39. The SMILES string of the molecule is N#CCc1cc(C(F)F)c(C(F)(F)F)c(C#N)n1. The van der Waals surface area contributed by atoms with E-state index >= 15 is 0 Å². The van der Waals surface area contributed by atoms with Gasteiger partial charge in [0.25, 0.3) is 6.43 Å². The van der Waals surface area contributed by atoms with E-state index in [1.165, 1.54) is 0 Å². The summed E-state index contributed by atoms with van der Waals surface area (Å²) in [6.45, 7) is 0. The zero-order chi connectivity index (χ0) is 13.9. The van der Waals surface area contributed by atoms with Crippen LogP contribution in [0.5, 0.6) is 0 Å². The predicted octanol–water partition coefficient (Wildman–Crippen LogP) is 2.98. The third-order valence-corrected chi connectivity index (χ3v) is 1.99. The molecular weight excluding hydrogens is 257 g/mol. The highest BCUT2D eigenvalue weighted by Crippen LogP contribution is 2.38. The Morgan fingerprint density at radius 2 is 1.89 bits per heavy atom. The highest BCUT2D eigenvalue weighted by molar-refractivity contribution is 5.42. The summed E-state index contributed by atoms with van der Waals surface area (Å²) in [5.41, 5.74) is -4.52. The second-order valence-corrected chi connectivity index (χ2v) is 3.17. The number of aromatic nitrogens is 1. The largest absolute Gasteiger partial charge is 0.419 e. The first-order valence-corrected chi connectivity index (χ1v) is 4.47. The van der Waals surface area contributed by atoms with Gasteiger partial charge in [-0.25, -0.2) is 13.8 Å². The Hall–Kier alpha value is -2.22. The topological polar surface area (TPSA) is 60.5 Å². The van der Waals surface area contributed by atoms with Crippen molar-refractivity contribution in [3.63, 3.8) is 0 Å². The number of nitriles is 2. The van der Waals surface area contributed by atoms with Gasteiger partial charge in [0.1, 0.15) is 11.6 Å². The Bertz CT molecular complexity index is 536. The van der Waals surface area contributed by atoms with Gasteiger partial charge < -0.3 is 0 Å². The molecule has 0 saturated carbocycles. The van der Waals surface area contributed by atoms with Crippen LogP contribution in [0.3, 0.4) is 0 Å². The summed E-state index contributed by atoms with van der Waals surface area (Å²) in [5.74, 6) is 0. The molecule has 0 radical (unpaired) electrons. The van der Waals surface area contributed by atoms with Crippen LogP contribution in [0.2, 0.25) is 0 Å². The molecule has 0 fully saturated rings. The monoisotopic (exact) mass is 261 g/mol. The van der Waals surface area contributed by atoms with Crippen LogP contribution in [0.1, 0.15) is 28.9 Å². The molecule has 0 aliphatic heterocycles. The molecule has 1 aromatic heterocycles. The molecule has 94 valence electrons. The average Bonchev–Trinajstić information content (AvgIpc) is 2.26. The van der Waals surface area contributed by atoms with E-state index < -0.39 is 35.8 Å². The molecule has 1 heterocycles. The maximum Gasteiger partial charge on any atom is 0.419 e. The molecule has 0 spiro atoms. The molecule has 1 aromatic rings. The minimum absolute atomic E-state index is 0.294. The normalized spacial score (nSPS) is 11.1. The van der Waals surface area contributed by atoms with E-state index in [-0.39, 0.29) is 5.69 Å². The second kappa shape index (κ2) is 4.96. The number of pyridine rings is 1. The zero-order valence-electron chi connectivity index (χ0n) is 8.59. The fourth-order valence-corrected chi connectivity index (χ4v) is 1.34. The molecule has 0 saturated heterocycles. The molecule has 0 bridgehead atoms. The van der Waals surface area contributed by atoms with Gasteiger partial charge in [-0.1, -0.05) is 0 Å². The van der Waals surface area contributed by atoms with Gasteiger partial charge in [-0.15, -0.1) is 0 Å². The summed E-state index contributed by atoms with van der Waals surface area (Å²) in [5, 5.41) is 16.9. The Kier molecular flexibility index (Phi) is 3.82. The van der Waals surface area contributed by atoms with Gasteiger partial charge in [-0.3, -0.25) is 0 Å². The highest BCUT2D eigenvalue weighted by atomic mass is 19.4. The molecular formula is C10H4F5N3. The van der Waals surface area contributed by atoms with Gasteiger partial charge in [0, 0.05) is 5.56 Å². The van der Waals surface area contributed by atoms with Crippen molar-refractivity contribution in [2.75, 3.05) is 0 Å². The van der Waals surface area contributed by atoms with Crippen molar-refractivity contribution in [2.45, 2.75) is 19.0 Å². The molecule has 0 unspecified atom stereocenters. The number of hydrogen-bond acceptors (Lipinski definition) is 3. The Morgan fingerprint density at radius 3 is 2.28 bits per heavy atom. The third-order valence-electron chi connectivity index (χ3n) is 1.99. The van der Waals surface area contributed by atoms with Crippen molar-refractivity contribution in [3.05, 3.63) is 28.6 Å². The molecule has 3 nitrogen and oxygen atoms in total. The number of hydrogen-bond donors (Lipinski definition) is 0. The lowest BCUT2D eigenvalue weighted by Gasteiger charge is -2.14. The molecule has 0 amide bonds. The lowest BCUT2D eigenvalue weighted by Crippen LogP contribution is -2.15. The van der Waals surface area contributed by atoms with Crippen LogP contribution in [0.15, 0.2) is 6.07 Å². The molecule has 0 N–H and O–H groups in total. The Morgan fingerprint density at radius 1 is 1.28 bits per heavy atom. The van der Waals surface area contributed by atoms with E-state index in [2.05, 4.69) is 4.98 Å². The summed E-state index contributed by atoms with van der Waals surface area (Å²) in [6, 6.07) is 3.18. The first kappa shape index (κ1) is 13.8. The number of halogens is 5. The Balaban J connectivity index is 3.59. The van der Waals surface area contributed by atoms with Gasteiger partial charge in [0.2, 0.25) is 0 Å². The second-order valence-electron chi connectivity index (χ2n) is 3.17. The van der Waals surface area contributed by atoms with Crippen molar-refractivity contribution in [1.82, 2.24) is 4.98 Å². The van der Waals surface area contributed by atoms with Gasteiger partial charge in [-0.2, -0.15) is 23.7 Å². The van der Waals surface area contributed by atoms with Gasteiger partial charge >= 0.3 is 6.18 Å². The summed E-state index contributed by atoms with van der Waals surface area (Å²) in [4.78, 5) is 3.25. The van der Waals surface area contributed by atoms with E-state index in [1.807, 2.05) is 0 Å². The van der Waals surface area contributed by atoms with Crippen LogP contribution >= 0.6 is 0 Å². The molecule has 0 atom stereocenters. The fraction of sp³-hybridized carbons (Fsp3) is 0.300. The fourth-order valence-electron chi connectivity index (χ4n) is 1.34. The number of rotatable bonds is 2. The van der Waals surface area contributed by atoms with Crippen molar-refractivity contribution < 1.29 is 22.0 Å². The van der Waals surface area contributed by atoms with E-state index in [0.717, 1.165) is 6.07 Å². The van der Waals surface area contributed by atoms with Crippen molar-refractivity contribution >= 4 is 0 Å². The van der Waals surface area contributed by atoms with E-state index in [1.54, 1.807) is 6.07 Å². The summed E-state index contributed by atoms with van der Waals surface area (Å²) < 4.78 is 62.9. The first-order valence-electron chi connectivity index (χ1n) is 4.47. The van der Waals surface area contributed by atoms with Crippen molar-refractivity contribution in [2.24, 2.45) is 0 Å². The molecule has 0 aromatic carbocycles. The molecule has 0 aliphatic carbocycles. The van der Waals surface area contributed by atoms with Crippen LogP contribution in [-0.2, 0) is 12.6 Å². The lowest BCUT2D eigenvalue weighted by atomic mass is 10.0. The summed E-state index contributed by atoms with van der Waals surface area (Å²) >= 11 is 0. The van der Waals surface area contributed by atoms with Crippen molar-refractivity contribution in [1.29, 1.82) is 10.5 Å². The maximum absolute atomic E-state index is 12.6. The van der Waals surface area contributed by atoms with E-state index in [9.17, 15) is 22.0 Å². The van der Waals surface area contributed by atoms with Gasteiger partial charge in [0.15, 0.2) is 5.69 Å². The summed E-state index contributed by atoms with van der Waals surface area (Å²) in [6.07, 6.45) is -8.96. The van der Waals surface area contributed by atoms with Crippen LogP contribution in [0, 0.1) is 22.7 Å². The minimum Gasteiger partial charge on any atom is -0.240 e. The van der Waals surface area contributed by atoms with Gasteiger partial charge in [-0.05, 0) is 6.07 Å². The third kappa shape index (κ3) is 2.72. The minimum atomic E-state index is -5.10. The van der Waals surface area contributed by atoms with E-state index in [0.29, 0.717) is 6.07 Å². The van der Waals surface area contributed by atoms with Crippen molar-refractivity contribution in [3.8, 4) is 12.1 Å². The van der Waals surface area contributed by atoms with E-state index in [4.69, 9.17) is 10.5 Å². The maximum atomic E-state index is 12.6. The average molecular weight is 261 g/mol. The quantitative estimate of drug-likeness (QED) is 0.769. The van der Waals surface area contributed by atoms with Crippen LogP contribution < -0.4 is 0 Å². The molecule has 18 heavy (non-hydrogen) atoms. The zero-order valence-corrected chi connectivity index (χ0v) is 8.59. The number of alkyl halides is 5. The standard InChI is InChI=1S/C10H4F5N3/c11-9(12)6-3-5(1-2-16)18-7(4-17)8(6)10(13,14)15/h3,9H,1H2. The smallest absolute Gasteiger partial charge is 0.240 e. The number of nitrogens with zero attached hydrogens (tertiary/aromatic N) is 3. The Labute approximate surface area is 98.1 Å². The first-order chi connectivity index (χ1) is 8.31. The molecule has 1 rings (SSSR count). The van der Waals surface area contributed by atoms with Crippen LogP contribution in [0.4, 0.5) is 22.0 Å². The molecule has 0 aliphatic rings. The molecule has 8 heteroatoms. The predicted molar refractivity (Wildman–Crippen MR) is 48.2 cm³/mol. The van der Waals surface area contributed by atoms with Gasteiger partial charge in [0.05, 0.1) is 18.2 Å².